The van der Waals surface area contributed by atoms with Crippen molar-refractivity contribution in [3.63, 3.8) is 0 Å². The largest absolute Gasteiger partial charge is 0.351 e. The second-order valence-corrected chi connectivity index (χ2v) is 9.93. The number of nitrogens with zero attached hydrogens (tertiary/aromatic N) is 4. The highest BCUT2D eigenvalue weighted by atomic mass is 15.2. The molecule has 2 aliphatic carbocycles. The average Bonchev–Trinajstić information content (AvgIpc) is 3.06. The molecule has 0 amide bonds. The van der Waals surface area contributed by atoms with Gasteiger partial charge in [0, 0.05) is 30.9 Å². The number of aliphatic imine (C=N–C) groups is 1. The lowest BCUT2D eigenvalue weighted by molar-refractivity contribution is 0.513. The molecule has 6 nitrogen and oxygen atoms in total. The van der Waals surface area contributed by atoms with Crippen LogP contribution in [0, 0.1) is 0 Å². The van der Waals surface area contributed by atoms with Gasteiger partial charge in [-0.05, 0) is 44.8 Å². The first-order valence-electron chi connectivity index (χ1n) is 13.8. The van der Waals surface area contributed by atoms with E-state index in [-0.39, 0.29) is 0 Å². The molecule has 0 atom stereocenters. The summed E-state index contributed by atoms with van der Waals surface area (Å²) >= 11 is 0. The summed E-state index contributed by atoms with van der Waals surface area (Å²) < 4.78 is 0. The number of hydrogen-bond acceptors (Lipinski definition) is 6. The van der Waals surface area contributed by atoms with Crippen LogP contribution in [-0.4, -0.2) is 34.3 Å². The molecule has 2 N–H and O–H groups in total. The van der Waals surface area contributed by atoms with Crippen LogP contribution in [0.5, 0.6) is 0 Å². The second kappa shape index (κ2) is 15.6. The van der Waals surface area contributed by atoms with Crippen LogP contribution in [0.2, 0.25) is 0 Å². The fourth-order valence-electron chi connectivity index (χ4n) is 5.15. The minimum atomic E-state index is 0.411. The van der Waals surface area contributed by atoms with Crippen molar-refractivity contribution in [2.45, 2.75) is 122 Å². The summed E-state index contributed by atoms with van der Waals surface area (Å²) in [6.45, 7) is 2.01. The standard InChI is InChI=1S/C28H46N6/c1-3-16-24(21-22-29-2)30-27-32-26(23-17-12-8-4-5-9-13-18-23)33-28(34-27)31-25-19-14-10-6-7-11-15-20-25/h3,16,21-23,25H,4-15,17-20H2,1-2H3,(H2,30,31,32,33,34)/b16-3-,24-21+,29-22-. The van der Waals surface area contributed by atoms with E-state index in [4.69, 9.17) is 15.0 Å². The molecular weight excluding hydrogens is 420 g/mol. The van der Waals surface area contributed by atoms with Crippen LogP contribution in [0.1, 0.15) is 121 Å². The van der Waals surface area contributed by atoms with E-state index in [9.17, 15) is 0 Å². The van der Waals surface area contributed by atoms with Gasteiger partial charge >= 0.3 is 0 Å². The first-order chi connectivity index (χ1) is 16.8. The third-order valence-electron chi connectivity index (χ3n) is 7.07. The summed E-state index contributed by atoms with van der Waals surface area (Å²) in [6, 6.07) is 0.444. The lowest BCUT2D eigenvalue weighted by atomic mass is 9.96. The van der Waals surface area contributed by atoms with Crippen molar-refractivity contribution >= 4 is 18.1 Å². The highest BCUT2D eigenvalue weighted by Gasteiger charge is 2.20. The number of anilines is 2. The van der Waals surface area contributed by atoms with Gasteiger partial charge in [-0.1, -0.05) is 83.1 Å². The van der Waals surface area contributed by atoms with Gasteiger partial charge in [-0.2, -0.15) is 15.0 Å². The van der Waals surface area contributed by atoms with Crippen molar-refractivity contribution in [3.8, 4) is 0 Å². The Labute approximate surface area is 207 Å². The second-order valence-electron chi connectivity index (χ2n) is 9.93. The Balaban J connectivity index is 1.86. The molecule has 34 heavy (non-hydrogen) atoms. The van der Waals surface area contributed by atoms with E-state index in [0.717, 1.165) is 17.5 Å². The number of rotatable bonds is 7. The van der Waals surface area contributed by atoms with Crippen molar-refractivity contribution in [3.05, 3.63) is 29.7 Å². The zero-order valence-corrected chi connectivity index (χ0v) is 21.6. The molecule has 0 unspecified atom stereocenters. The third-order valence-corrected chi connectivity index (χ3v) is 7.07. The van der Waals surface area contributed by atoms with Crippen LogP contribution in [0.3, 0.4) is 0 Å². The number of aromatic nitrogens is 3. The van der Waals surface area contributed by atoms with Gasteiger partial charge in [0.15, 0.2) is 0 Å². The van der Waals surface area contributed by atoms with Crippen LogP contribution in [0.25, 0.3) is 0 Å². The Morgan fingerprint density at radius 2 is 1.32 bits per heavy atom. The van der Waals surface area contributed by atoms with E-state index in [1.54, 1.807) is 13.3 Å². The fourth-order valence-corrected chi connectivity index (χ4v) is 5.15. The molecule has 6 heteroatoms. The third kappa shape index (κ3) is 9.55. The van der Waals surface area contributed by atoms with Crippen LogP contribution in [0.4, 0.5) is 11.9 Å². The molecule has 1 aromatic heterocycles. The predicted octanol–water partition coefficient (Wildman–Crippen LogP) is 7.58. The minimum absolute atomic E-state index is 0.411. The van der Waals surface area contributed by atoms with Crippen molar-refractivity contribution in [1.29, 1.82) is 0 Å². The van der Waals surface area contributed by atoms with Crippen molar-refractivity contribution in [2.75, 3.05) is 17.7 Å². The Hall–Kier alpha value is -2.24. The topological polar surface area (TPSA) is 75.1 Å². The first kappa shape index (κ1) is 26.4. The van der Waals surface area contributed by atoms with Crippen molar-refractivity contribution in [2.24, 2.45) is 4.99 Å². The van der Waals surface area contributed by atoms with E-state index in [0.29, 0.717) is 17.9 Å². The summed E-state index contributed by atoms with van der Waals surface area (Å²) in [5, 5.41) is 7.14. The molecule has 2 aliphatic rings. The van der Waals surface area contributed by atoms with Crippen molar-refractivity contribution in [1.82, 2.24) is 15.0 Å². The lowest BCUT2D eigenvalue weighted by Crippen LogP contribution is -2.22. The summed E-state index contributed by atoms with van der Waals surface area (Å²) in [7, 11) is 1.78. The summed E-state index contributed by atoms with van der Waals surface area (Å²) in [4.78, 5) is 18.9. The van der Waals surface area contributed by atoms with Gasteiger partial charge in [-0.15, -0.1) is 0 Å². The number of nitrogens with one attached hydrogen (secondary N) is 2. The lowest BCUT2D eigenvalue weighted by Gasteiger charge is -2.21. The number of hydrogen-bond donors (Lipinski definition) is 2. The molecule has 0 bridgehead atoms. The fraction of sp³-hybridized carbons (Fsp3) is 0.714. The first-order valence-corrected chi connectivity index (χ1v) is 13.8. The summed E-state index contributed by atoms with van der Waals surface area (Å²) in [6.07, 6.45) is 28.4. The quantitative estimate of drug-likeness (QED) is 0.320. The van der Waals surface area contributed by atoms with Gasteiger partial charge in [0.2, 0.25) is 11.9 Å². The smallest absolute Gasteiger partial charge is 0.232 e. The Bertz CT molecular complexity index is 780. The molecule has 1 heterocycles. The van der Waals surface area contributed by atoms with Crippen LogP contribution in [-0.2, 0) is 0 Å². The van der Waals surface area contributed by atoms with Crippen LogP contribution < -0.4 is 10.6 Å². The Kier molecular flexibility index (Phi) is 12.1. The molecule has 188 valence electrons. The van der Waals surface area contributed by atoms with Gasteiger partial charge in [0.25, 0.3) is 0 Å². The molecule has 2 saturated carbocycles. The zero-order valence-electron chi connectivity index (χ0n) is 21.6. The average molecular weight is 467 g/mol. The highest BCUT2D eigenvalue weighted by Crippen LogP contribution is 2.30. The van der Waals surface area contributed by atoms with Gasteiger partial charge < -0.3 is 10.6 Å². The zero-order chi connectivity index (χ0) is 23.8. The molecule has 0 aliphatic heterocycles. The molecule has 0 spiro atoms. The van der Waals surface area contributed by atoms with E-state index in [1.807, 2.05) is 25.2 Å². The predicted molar refractivity (Wildman–Crippen MR) is 145 cm³/mol. The van der Waals surface area contributed by atoms with E-state index in [1.165, 1.54) is 103 Å². The Morgan fingerprint density at radius 1 is 0.765 bits per heavy atom. The monoisotopic (exact) mass is 466 g/mol. The maximum absolute atomic E-state index is 5.01. The van der Waals surface area contributed by atoms with Gasteiger partial charge in [0.05, 0.1) is 0 Å². The molecule has 1 aromatic rings. The number of allylic oxidation sites excluding steroid dienone is 3. The van der Waals surface area contributed by atoms with E-state index < -0.39 is 0 Å². The SMILES string of the molecule is C\C=C/C(=C\C=N/C)Nc1nc(NC2CCCCCCCC2)nc(C2CCCCCCCC2)n1. The molecule has 3 rings (SSSR count). The summed E-state index contributed by atoms with van der Waals surface area (Å²) in [5.41, 5.74) is 0.924. The Morgan fingerprint density at radius 3 is 1.91 bits per heavy atom. The normalized spacial score (nSPS) is 20.8. The van der Waals surface area contributed by atoms with Crippen molar-refractivity contribution < 1.29 is 0 Å². The van der Waals surface area contributed by atoms with Crippen LogP contribution in [0.15, 0.2) is 28.9 Å². The molecule has 0 saturated heterocycles. The maximum Gasteiger partial charge on any atom is 0.232 e. The van der Waals surface area contributed by atoms with Gasteiger partial charge in [-0.25, -0.2) is 0 Å². The summed E-state index contributed by atoms with van der Waals surface area (Å²) in [5.74, 6) is 2.73. The van der Waals surface area contributed by atoms with Gasteiger partial charge in [0.1, 0.15) is 5.82 Å². The highest BCUT2D eigenvalue weighted by molar-refractivity contribution is 5.74. The minimum Gasteiger partial charge on any atom is -0.351 e. The molecule has 2 fully saturated rings. The maximum atomic E-state index is 5.01. The molecule has 0 aromatic carbocycles. The molecule has 0 radical (unpaired) electrons. The molecular formula is C28H46N6. The van der Waals surface area contributed by atoms with E-state index >= 15 is 0 Å². The van der Waals surface area contributed by atoms with Crippen LogP contribution >= 0.6 is 0 Å². The van der Waals surface area contributed by atoms with E-state index in [2.05, 4.69) is 15.6 Å². The van der Waals surface area contributed by atoms with Gasteiger partial charge in [-0.3, -0.25) is 4.99 Å².